The molecule has 0 spiro atoms. The molecule has 0 aliphatic rings. The molecule has 0 radical (unpaired) electrons. The summed E-state index contributed by atoms with van der Waals surface area (Å²) in [7, 11) is 0. The third-order valence-electron chi connectivity index (χ3n) is 2.84. The Bertz CT molecular complexity index is 641. The normalized spacial score (nSPS) is 10.9. The number of aromatic nitrogens is 2. The summed E-state index contributed by atoms with van der Waals surface area (Å²) in [6.07, 6.45) is 6.05. The van der Waals surface area contributed by atoms with Gasteiger partial charge in [-0.3, -0.25) is 0 Å². The second kappa shape index (κ2) is 4.01. The number of hydrogen-bond donors (Lipinski definition) is 0. The van der Waals surface area contributed by atoms with E-state index in [4.69, 9.17) is 0 Å². The molecule has 3 rings (SSSR count). The first-order chi connectivity index (χ1) is 8.33. The van der Waals surface area contributed by atoms with Gasteiger partial charge in [0.05, 0.1) is 6.20 Å². The van der Waals surface area contributed by atoms with Crippen LogP contribution in [0.2, 0.25) is 0 Å². The summed E-state index contributed by atoms with van der Waals surface area (Å²) in [5.41, 5.74) is 2.21. The topological polar surface area (TPSA) is 8.29 Å². The zero-order chi connectivity index (χ0) is 11.7. The zero-order valence-electron chi connectivity index (χ0n) is 9.25. The first-order valence-electron chi connectivity index (χ1n) is 5.52. The quantitative estimate of drug-likeness (QED) is 0.594. The van der Waals surface area contributed by atoms with Crippen LogP contribution < -0.4 is 4.57 Å². The Balaban J connectivity index is 1.97. The van der Waals surface area contributed by atoms with E-state index in [-0.39, 0.29) is 5.82 Å². The van der Waals surface area contributed by atoms with Crippen molar-refractivity contribution in [3.05, 3.63) is 72.4 Å². The molecule has 0 bridgehead atoms. The minimum Gasteiger partial charge on any atom is -0.226 e. The van der Waals surface area contributed by atoms with Crippen LogP contribution in [0.15, 0.2) is 61.1 Å². The molecule has 0 saturated heterocycles. The summed E-state index contributed by atoms with van der Waals surface area (Å²) < 4.78 is 17.0. The van der Waals surface area contributed by atoms with Gasteiger partial charge < -0.3 is 0 Å². The molecule has 1 aromatic carbocycles. The van der Waals surface area contributed by atoms with Crippen LogP contribution >= 0.6 is 0 Å². The molecule has 84 valence electrons. The smallest absolute Gasteiger partial charge is 0.226 e. The van der Waals surface area contributed by atoms with Crippen molar-refractivity contribution in [1.82, 2.24) is 4.40 Å². The Morgan fingerprint density at radius 3 is 2.65 bits per heavy atom. The van der Waals surface area contributed by atoms with Crippen LogP contribution in [0.4, 0.5) is 4.39 Å². The maximum absolute atomic E-state index is 12.8. The average molecular weight is 227 g/mol. The van der Waals surface area contributed by atoms with E-state index >= 15 is 0 Å². The lowest BCUT2D eigenvalue weighted by Crippen LogP contribution is -2.32. The highest BCUT2D eigenvalue weighted by Crippen LogP contribution is 2.04. The van der Waals surface area contributed by atoms with E-state index in [9.17, 15) is 4.39 Å². The number of benzene rings is 1. The molecular weight excluding hydrogens is 215 g/mol. The number of hydrogen-bond acceptors (Lipinski definition) is 0. The van der Waals surface area contributed by atoms with Gasteiger partial charge in [0.1, 0.15) is 24.8 Å². The van der Waals surface area contributed by atoms with E-state index in [0.29, 0.717) is 0 Å². The minimum atomic E-state index is -0.194. The third kappa shape index (κ3) is 1.91. The lowest BCUT2D eigenvalue weighted by atomic mass is 10.2. The van der Waals surface area contributed by atoms with Crippen LogP contribution in [0.5, 0.6) is 0 Å². The predicted molar refractivity (Wildman–Crippen MR) is 63.1 cm³/mol. The molecule has 0 N–H and O–H groups in total. The monoisotopic (exact) mass is 227 g/mol. The van der Waals surface area contributed by atoms with Gasteiger partial charge in [0.15, 0.2) is 0 Å². The maximum Gasteiger partial charge on any atom is 0.286 e. The van der Waals surface area contributed by atoms with Crippen LogP contribution in [0, 0.1) is 5.82 Å². The van der Waals surface area contributed by atoms with Crippen LogP contribution in [-0.4, -0.2) is 4.40 Å². The van der Waals surface area contributed by atoms with Gasteiger partial charge in [-0.15, -0.1) is 0 Å². The van der Waals surface area contributed by atoms with Gasteiger partial charge in [-0.25, -0.2) is 13.4 Å². The first kappa shape index (κ1) is 10.0. The molecule has 2 heterocycles. The molecule has 0 aliphatic carbocycles. The molecule has 2 nitrogen and oxygen atoms in total. The highest BCUT2D eigenvalue weighted by molar-refractivity contribution is 5.31. The molecular formula is C14H12FN2+. The lowest BCUT2D eigenvalue weighted by molar-refractivity contribution is -0.661. The summed E-state index contributed by atoms with van der Waals surface area (Å²) in [5, 5.41) is 0. The van der Waals surface area contributed by atoms with Crippen molar-refractivity contribution in [1.29, 1.82) is 0 Å². The fourth-order valence-corrected chi connectivity index (χ4v) is 1.97. The lowest BCUT2D eigenvalue weighted by Gasteiger charge is -1.98. The van der Waals surface area contributed by atoms with Crippen molar-refractivity contribution in [2.75, 3.05) is 0 Å². The van der Waals surface area contributed by atoms with E-state index in [1.165, 1.54) is 12.1 Å². The van der Waals surface area contributed by atoms with Gasteiger partial charge in [-0.05, 0) is 23.8 Å². The van der Waals surface area contributed by atoms with Crippen LogP contribution in [0.1, 0.15) is 5.56 Å². The Hall–Kier alpha value is -2.16. The van der Waals surface area contributed by atoms with Gasteiger partial charge in [0.25, 0.3) is 5.65 Å². The molecule has 3 heteroatoms. The van der Waals surface area contributed by atoms with Crippen molar-refractivity contribution in [2.45, 2.75) is 6.54 Å². The first-order valence-corrected chi connectivity index (χ1v) is 5.52. The summed E-state index contributed by atoms with van der Waals surface area (Å²) in [6, 6.07) is 12.7. The summed E-state index contributed by atoms with van der Waals surface area (Å²) >= 11 is 0. The summed E-state index contributed by atoms with van der Waals surface area (Å²) in [5.74, 6) is -0.194. The van der Waals surface area contributed by atoms with Crippen LogP contribution in [0.25, 0.3) is 5.65 Å². The van der Waals surface area contributed by atoms with Gasteiger partial charge in [-0.2, -0.15) is 0 Å². The van der Waals surface area contributed by atoms with Crippen LogP contribution in [-0.2, 0) is 6.54 Å². The molecule has 0 unspecified atom stereocenters. The Morgan fingerprint density at radius 2 is 1.82 bits per heavy atom. The Labute approximate surface area is 98.6 Å². The van der Waals surface area contributed by atoms with Gasteiger partial charge >= 0.3 is 0 Å². The second-order valence-corrected chi connectivity index (χ2v) is 4.02. The number of pyridine rings is 1. The highest BCUT2D eigenvalue weighted by Gasteiger charge is 2.08. The van der Waals surface area contributed by atoms with Crippen LogP contribution in [0.3, 0.4) is 0 Å². The van der Waals surface area contributed by atoms with Crippen molar-refractivity contribution < 1.29 is 8.96 Å². The molecule has 17 heavy (non-hydrogen) atoms. The van der Waals surface area contributed by atoms with Gasteiger partial charge in [0, 0.05) is 6.07 Å². The summed E-state index contributed by atoms with van der Waals surface area (Å²) in [4.78, 5) is 0. The summed E-state index contributed by atoms with van der Waals surface area (Å²) in [6.45, 7) is 0.751. The number of rotatable bonds is 2. The van der Waals surface area contributed by atoms with E-state index in [0.717, 1.165) is 17.8 Å². The highest BCUT2D eigenvalue weighted by atomic mass is 19.1. The standard InChI is InChI=1S/C14H12FN2/c15-13-6-4-12(5-7-13)11-17-10-9-16-8-2-1-3-14(16)17/h1-10H,11H2/q+1. The number of imidazole rings is 1. The second-order valence-electron chi connectivity index (χ2n) is 4.02. The Morgan fingerprint density at radius 1 is 1.00 bits per heavy atom. The zero-order valence-corrected chi connectivity index (χ0v) is 9.25. The fourth-order valence-electron chi connectivity index (χ4n) is 1.97. The molecule has 0 atom stereocenters. The number of halogens is 1. The maximum atomic E-state index is 12.8. The van der Waals surface area contributed by atoms with Crippen molar-refractivity contribution in [3.8, 4) is 0 Å². The van der Waals surface area contributed by atoms with E-state index in [1.54, 1.807) is 0 Å². The van der Waals surface area contributed by atoms with E-state index < -0.39 is 0 Å². The SMILES string of the molecule is Fc1ccc(C[n+]2ccn3ccccc32)cc1. The largest absolute Gasteiger partial charge is 0.286 e. The fraction of sp³-hybridized carbons (Fsp3) is 0.0714. The molecule has 0 amide bonds. The molecule has 0 fully saturated rings. The Kier molecular flexibility index (Phi) is 2.37. The molecule has 3 aromatic rings. The number of nitrogens with zero attached hydrogens (tertiary/aromatic N) is 2. The van der Waals surface area contributed by atoms with Gasteiger partial charge in [-0.1, -0.05) is 18.2 Å². The minimum absolute atomic E-state index is 0.194. The third-order valence-corrected chi connectivity index (χ3v) is 2.84. The molecule has 0 aliphatic heterocycles. The van der Waals surface area contributed by atoms with Crippen molar-refractivity contribution in [3.63, 3.8) is 0 Å². The van der Waals surface area contributed by atoms with Gasteiger partial charge in [0.2, 0.25) is 0 Å². The average Bonchev–Trinajstić information content (AvgIpc) is 2.76. The number of fused-ring (bicyclic) bond motifs is 1. The molecule has 2 aromatic heterocycles. The molecule has 0 saturated carbocycles. The van der Waals surface area contributed by atoms with Crippen molar-refractivity contribution >= 4 is 5.65 Å². The van der Waals surface area contributed by atoms with E-state index in [1.807, 2.05) is 42.9 Å². The van der Waals surface area contributed by atoms with Crippen molar-refractivity contribution in [2.24, 2.45) is 0 Å². The predicted octanol–water partition coefficient (Wildman–Crippen LogP) is 2.41. The van der Waals surface area contributed by atoms with E-state index in [2.05, 4.69) is 15.0 Å².